The van der Waals surface area contributed by atoms with Crippen molar-refractivity contribution in [2.75, 3.05) is 6.26 Å². The maximum absolute atomic E-state index is 13.8. The first kappa shape index (κ1) is 18.5. The molecule has 3 N–H and O–H groups in total. The van der Waals surface area contributed by atoms with E-state index in [2.05, 4.69) is 4.72 Å². The van der Waals surface area contributed by atoms with Gasteiger partial charge in [-0.1, -0.05) is 17.8 Å². The quantitative estimate of drug-likeness (QED) is 0.810. The van der Waals surface area contributed by atoms with Gasteiger partial charge in [0, 0.05) is 22.1 Å². The van der Waals surface area contributed by atoms with E-state index in [1.165, 1.54) is 18.4 Å². The number of sulfonamides is 1. The summed E-state index contributed by atoms with van der Waals surface area (Å²) in [5, 5.41) is 4.30. The number of nitrogens with two attached hydrogens (primary N) is 1. The van der Waals surface area contributed by atoms with Crippen LogP contribution in [-0.2, 0) is 21.0 Å². The second-order valence-corrected chi connectivity index (χ2v) is 9.12. The first-order chi connectivity index (χ1) is 10.7. The molecular formula is C13H16F2N2O3S3. The van der Waals surface area contributed by atoms with Gasteiger partial charge >= 0.3 is 0 Å². The lowest BCUT2D eigenvalue weighted by molar-refractivity contribution is 0.556. The van der Waals surface area contributed by atoms with Gasteiger partial charge in [0.15, 0.2) is 0 Å². The summed E-state index contributed by atoms with van der Waals surface area (Å²) in [6.07, 6.45) is 3.56. The van der Waals surface area contributed by atoms with Crippen LogP contribution >= 0.6 is 11.8 Å². The molecule has 0 bridgehead atoms. The van der Waals surface area contributed by atoms with Gasteiger partial charge in [0.25, 0.3) is 0 Å². The molecular weight excluding hydrogens is 366 g/mol. The van der Waals surface area contributed by atoms with Crippen molar-refractivity contribution in [2.24, 2.45) is 5.14 Å². The molecule has 0 fully saturated rings. The predicted molar refractivity (Wildman–Crippen MR) is 87.4 cm³/mol. The highest BCUT2D eigenvalue weighted by Gasteiger charge is 2.30. The van der Waals surface area contributed by atoms with Gasteiger partial charge in [-0.2, -0.15) is 0 Å². The largest absolute Gasteiger partial charge is 0.243 e. The average Bonchev–Trinajstić information content (AvgIpc) is 2.42. The maximum atomic E-state index is 13.8. The third-order valence-electron chi connectivity index (χ3n) is 3.29. The monoisotopic (exact) mass is 382 g/mol. The summed E-state index contributed by atoms with van der Waals surface area (Å²) in [5.41, 5.74) is 0. The van der Waals surface area contributed by atoms with E-state index in [0.717, 1.165) is 23.9 Å². The predicted octanol–water partition coefficient (Wildman–Crippen LogP) is 1.64. The number of benzene rings is 1. The molecule has 3 unspecified atom stereocenters. The lowest BCUT2D eigenvalue weighted by Crippen LogP contribution is -2.38. The second-order valence-electron chi connectivity index (χ2n) is 5.08. The zero-order valence-corrected chi connectivity index (χ0v) is 14.6. The summed E-state index contributed by atoms with van der Waals surface area (Å²) in [6, 6.07) is 2.76. The van der Waals surface area contributed by atoms with E-state index in [9.17, 15) is 21.4 Å². The minimum Gasteiger partial charge on any atom is -0.243 e. The minimum absolute atomic E-state index is 0.154. The van der Waals surface area contributed by atoms with Crippen LogP contribution in [0.2, 0.25) is 0 Å². The molecule has 0 radical (unpaired) electrons. The Morgan fingerprint density at radius 2 is 2.04 bits per heavy atom. The van der Waals surface area contributed by atoms with Crippen LogP contribution in [0.3, 0.4) is 0 Å². The van der Waals surface area contributed by atoms with E-state index >= 15 is 0 Å². The Balaban J connectivity index is 2.34. The normalized spacial score (nSPS) is 23.4. The summed E-state index contributed by atoms with van der Waals surface area (Å²) in [6.45, 7) is 0. The molecule has 0 heterocycles. The van der Waals surface area contributed by atoms with E-state index < -0.39 is 37.9 Å². The third kappa shape index (κ3) is 5.08. The van der Waals surface area contributed by atoms with Crippen molar-refractivity contribution < 1.29 is 21.4 Å². The number of hydrogen-bond acceptors (Lipinski definition) is 4. The average molecular weight is 382 g/mol. The molecule has 0 spiro atoms. The molecule has 3 atom stereocenters. The van der Waals surface area contributed by atoms with E-state index in [-0.39, 0.29) is 17.4 Å². The molecule has 5 nitrogen and oxygen atoms in total. The molecule has 0 saturated heterocycles. The smallest absolute Gasteiger partial charge is 0.215 e. The van der Waals surface area contributed by atoms with Gasteiger partial charge in [0.1, 0.15) is 11.6 Å². The summed E-state index contributed by atoms with van der Waals surface area (Å²) in [4.78, 5) is 0.650. The number of halogens is 2. The van der Waals surface area contributed by atoms with Crippen LogP contribution in [0.25, 0.3) is 0 Å². The van der Waals surface area contributed by atoms with Crippen molar-refractivity contribution >= 4 is 32.8 Å². The fourth-order valence-corrected chi connectivity index (χ4v) is 4.93. The summed E-state index contributed by atoms with van der Waals surface area (Å²) >= 11 is 0.972. The number of rotatable bonds is 5. The fourth-order valence-electron chi connectivity index (χ4n) is 2.22. The van der Waals surface area contributed by atoms with Crippen molar-refractivity contribution in [3.05, 3.63) is 40.8 Å². The Kier molecular flexibility index (Phi) is 5.95. The zero-order valence-electron chi connectivity index (χ0n) is 12.2. The second kappa shape index (κ2) is 7.39. The van der Waals surface area contributed by atoms with Crippen molar-refractivity contribution in [1.82, 2.24) is 4.72 Å². The van der Waals surface area contributed by atoms with Crippen molar-refractivity contribution in [1.29, 1.82) is 0 Å². The molecule has 0 aromatic heterocycles. The molecule has 2 rings (SSSR count). The van der Waals surface area contributed by atoms with Gasteiger partial charge in [-0.25, -0.2) is 31.3 Å². The zero-order chi connectivity index (χ0) is 17.2. The summed E-state index contributed by atoms with van der Waals surface area (Å²) in [7, 11) is -5.09. The topological polar surface area (TPSA) is 89.3 Å². The fraction of sp³-hybridized carbons (Fsp3) is 0.385. The molecule has 10 heteroatoms. The third-order valence-corrected chi connectivity index (χ3v) is 6.32. The van der Waals surface area contributed by atoms with Gasteiger partial charge < -0.3 is 0 Å². The highest BCUT2D eigenvalue weighted by Crippen LogP contribution is 2.36. The van der Waals surface area contributed by atoms with Crippen molar-refractivity contribution in [3.8, 4) is 0 Å². The van der Waals surface area contributed by atoms with E-state index in [0.29, 0.717) is 11.3 Å². The van der Waals surface area contributed by atoms with E-state index in [4.69, 9.17) is 5.14 Å². The number of primary sulfonamides is 1. The highest BCUT2D eigenvalue weighted by atomic mass is 32.2. The molecule has 0 saturated carbocycles. The van der Waals surface area contributed by atoms with Gasteiger partial charge in [0.2, 0.25) is 10.0 Å². The van der Waals surface area contributed by atoms with Crippen molar-refractivity contribution in [3.63, 3.8) is 0 Å². The number of hydrogen-bond donors (Lipinski definition) is 2. The van der Waals surface area contributed by atoms with Crippen LogP contribution in [0, 0.1) is 11.6 Å². The van der Waals surface area contributed by atoms with Crippen LogP contribution in [0.15, 0.2) is 34.1 Å². The van der Waals surface area contributed by atoms with E-state index in [1.807, 2.05) is 0 Å². The van der Waals surface area contributed by atoms with E-state index in [1.54, 1.807) is 0 Å². The molecule has 1 aliphatic rings. The van der Waals surface area contributed by atoms with Crippen LogP contribution in [0.1, 0.15) is 12.8 Å². The Morgan fingerprint density at radius 3 is 2.61 bits per heavy atom. The first-order valence-corrected chi connectivity index (χ1v) is 10.6. The van der Waals surface area contributed by atoms with Crippen LogP contribution in [0.4, 0.5) is 8.78 Å². The van der Waals surface area contributed by atoms with Crippen LogP contribution < -0.4 is 9.86 Å². The first-order valence-electron chi connectivity index (χ1n) is 6.62. The number of thioether (sulfide) groups is 1. The van der Waals surface area contributed by atoms with Gasteiger partial charge in [0.05, 0.1) is 22.3 Å². The number of nitrogens with one attached hydrogen (secondary N) is 1. The van der Waals surface area contributed by atoms with Gasteiger partial charge in [-0.3, -0.25) is 0 Å². The van der Waals surface area contributed by atoms with Crippen molar-refractivity contribution in [2.45, 2.75) is 29.0 Å². The van der Waals surface area contributed by atoms with Gasteiger partial charge in [-0.05, 0) is 25.0 Å². The standard InChI is InChI=1S/C13H16F2N2O3S3/c1-22(18)17-11-4-3-9(23(16,19)20)7-13(11)21-12-5-2-8(14)6-10(12)15/h2,5-7,9,11,17H,3-4H2,1H3,(H2,16,19,20). The van der Waals surface area contributed by atoms with Crippen LogP contribution in [0.5, 0.6) is 0 Å². The molecule has 0 aliphatic heterocycles. The van der Waals surface area contributed by atoms with Gasteiger partial charge in [-0.15, -0.1) is 0 Å². The molecule has 128 valence electrons. The molecule has 23 heavy (non-hydrogen) atoms. The summed E-state index contributed by atoms with van der Waals surface area (Å²) < 4.78 is 64.1. The maximum Gasteiger partial charge on any atom is 0.215 e. The Labute approximate surface area is 140 Å². The minimum atomic E-state index is -3.77. The molecule has 0 amide bonds. The molecule has 1 aromatic carbocycles. The Bertz CT molecular complexity index is 753. The Hall–Kier alpha value is -0.810. The summed E-state index contributed by atoms with van der Waals surface area (Å²) in [5.74, 6) is -1.44. The lowest BCUT2D eigenvalue weighted by Gasteiger charge is -2.27. The highest BCUT2D eigenvalue weighted by molar-refractivity contribution is 8.03. The van der Waals surface area contributed by atoms with Crippen LogP contribution in [-0.4, -0.2) is 30.2 Å². The molecule has 1 aliphatic carbocycles. The Morgan fingerprint density at radius 1 is 1.35 bits per heavy atom. The SMILES string of the molecule is CS(=O)NC1CCC(S(N)(=O)=O)C=C1Sc1ccc(F)cc1F. The lowest BCUT2D eigenvalue weighted by atomic mass is 10.0. The molecule has 1 aromatic rings.